The van der Waals surface area contributed by atoms with Crippen LogP contribution in [0.2, 0.25) is 0 Å². The molecule has 1 unspecified atom stereocenters. The number of methoxy groups -OCH3 is 3. The third kappa shape index (κ3) is 4.04. The summed E-state index contributed by atoms with van der Waals surface area (Å²) in [5.41, 5.74) is 1.01. The van der Waals surface area contributed by atoms with Crippen LogP contribution in [-0.4, -0.2) is 34.2 Å². The number of hydrogen-bond donors (Lipinski definition) is 0. The fourth-order valence-corrected chi connectivity index (χ4v) is 1.79. The predicted octanol–water partition coefficient (Wildman–Crippen LogP) is 2.10. The fourth-order valence-electron chi connectivity index (χ4n) is 1.79. The summed E-state index contributed by atoms with van der Waals surface area (Å²) in [5.74, 6) is 1.45. The zero-order valence-electron chi connectivity index (χ0n) is 11.1. The topological polar surface area (TPSA) is 44.8 Å². The molecule has 0 amide bonds. The Bertz CT molecular complexity index is 376. The van der Waals surface area contributed by atoms with E-state index in [-0.39, 0.29) is 5.92 Å². The fraction of sp³-hybridized carbons (Fsp3) is 0.500. The van der Waals surface area contributed by atoms with Gasteiger partial charge in [-0.05, 0) is 24.5 Å². The molecule has 4 heteroatoms. The number of hydrogen-bond acceptors (Lipinski definition) is 4. The Labute approximate surface area is 108 Å². The van der Waals surface area contributed by atoms with E-state index in [0.29, 0.717) is 13.0 Å². The Kier molecular flexibility index (Phi) is 6.22. The number of aldehydes is 1. The van der Waals surface area contributed by atoms with Crippen LogP contribution in [-0.2, 0) is 16.0 Å². The quantitative estimate of drug-likeness (QED) is 0.665. The van der Waals surface area contributed by atoms with Gasteiger partial charge in [-0.1, -0.05) is 6.07 Å². The summed E-state index contributed by atoms with van der Waals surface area (Å²) in [6, 6.07) is 5.63. The maximum atomic E-state index is 11.0. The maximum Gasteiger partial charge on any atom is 0.125 e. The van der Waals surface area contributed by atoms with Crippen molar-refractivity contribution in [2.24, 2.45) is 5.92 Å². The van der Waals surface area contributed by atoms with Crippen LogP contribution in [0.25, 0.3) is 0 Å². The first-order chi connectivity index (χ1) is 8.74. The molecule has 0 spiro atoms. The molecule has 100 valence electrons. The summed E-state index contributed by atoms with van der Waals surface area (Å²) < 4.78 is 15.4. The normalized spacial score (nSPS) is 11.9. The number of carbonyl (C=O) groups excluding carboxylic acids is 1. The molecule has 0 bridgehead atoms. The van der Waals surface area contributed by atoms with Crippen LogP contribution in [0, 0.1) is 5.92 Å². The van der Waals surface area contributed by atoms with E-state index in [9.17, 15) is 4.79 Å². The first kappa shape index (κ1) is 14.5. The lowest BCUT2D eigenvalue weighted by molar-refractivity contribution is -0.111. The molecule has 1 aromatic rings. The lowest BCUT2D eigenvalue weighted by Crippen LogP contribution is -2.10. The summed E-state index contributed by atoms with van der Waals surface area (Å²) >= 11 is 0. The van der Waals surface area contributed by atoms with E-state index in [0.717, 1.165) is 29.8 Å². The van der Waals surface area contributed by atoms with Crippen molar-refractivity contribution in [1.29, 1.82) is 0 Å². The number of carbonyl (C=O) groups is 1. The van der Waals surface area contributed by atoms with Crippen LogP contribution in [0.1, 0.15) is 12.0 Å². The molecule has 0 aliphatic rings. The van der Waals surface area contributed by atoms with Crippen molar-refractivity contribution < 1.29 is 19.0 Å². The third-order valence-corrected chi connectivity index (χ3v) is 2.86. The van der Waals surface area contributed by atoms with Gasteiger partial charge >= 0.3 is 0 Å². The van der Waals surface area contributed by atoms with Gasteiger partial charge in [0.1, 0.15) is 17.8 Å². The van der Waals surface area contributed by atoms with Gasteiger partial charge in [-0.15, -0.1) is 0 Å². The summed E-state index contributed by atoms with van der Waals surface area (Å²) in [4.78, 5) is 11.0. The molecular weight excluding hydrogens is 232 g/mol. The molecular formula is C14H20O4. The van der Waals surface area contributed by atoms with E-state index in [2.05, 4.69) is 0 Å². The van der Waals surface area contributed by atoms with Crippen molar-refractivity contribution in [1.82, 2.24) is 0 Å². The summed E-state index contributed by atoms with van der Waals surface area (Å²) in [6.07, 6.45) is 2.35. The van der Waals surface area contributed by atoms with Crippen molar-refractivity contribution in [3.8, 4) is 11.5 Å². The van der Waals surface area contributed by atoms with E-state index < -0.39 is 0 Å². The number of ether oxygens (including phenoxy) is 3. The Morgan fingerprint density at radius 1 is 1.22 bits per heavy atom. The monoisotopic (exact) mass is 252 g/mol. The minimum Gasteiger partial charge on any atom is -0.497 e. The van der Waals surface area contributed by atoms with E-state index in [4.69, 9.17) is 14.2 Å². The molecule has 0 saturated carbocycles. The average Bonchev–Trinajstić information content (AvgIpc) is 2.43. The molecule has 0 saturated heterocycles. The van der Waals surface area contributed by atoms with Gasteiger partial charge in [0.05, 0.1) is 14.2 Å². The molecule has 0 aliphatic heterocycles. The van der Waals surface area contributed by atoms with Gasteiger partial charge in [0.2, 0.25) is 0 Å². The standard InChI is InChI=1S/C14H20O4/c1-16-7-6-11(10-15)8-12-4-5-13(17-2)9-14(12)18-3/h4-5,9-11H,6-8H2,1-3H3. The lowest BCUT2D eigenvalue weighted by atomic mass is 9.97. The largest absolute Gasteiger partial charge is 0.497 e. The minimum atomic E-state index is -0.0488. The average molecular weight is 252 g/mol. The Balaban J connectivity index is 2.78. The maximum absolute atomic E-state index is 11.0. The highest BCUT2D eigenvalue weighted by Crippen LogP contribution is 2.27. The second-order valence-corrected chi connectivity index (χ2v) is 4.06. The number of rotatable bonds is 8. The molecule has 4 nitrogen and oxygen atoms in total. The summed E-state index contributed by atoms with van der Waals surface area (Å²) in [5, 5.41) is 0. The van der Waals surface area contributed by atoms with Crippen molar-refractivity contribution in [2.45, 2.75) is 12.8 Å². The van der Waals surface area contributed by atoms with Crippen molar-refractivity contribution >= 4 is 6.29 Å². The van der Waals surface area contributed by atoms with Crippen LogP contribution in [0.15, 0.2) is 18.2 Å². The van der Waals surface area contributed by atoms with Crippen LogP contribution in [0.3, 0.4) is 0 Å². The molecule has 0 N–H and O–H groups in total. The van der Waals surface area contributed by atoms with Gasteiger partial charge in [0.15, 0.2) is 0 Å². The molecule has 0 heterocycles. The molecule has 0 aliphatic carbocycles. The van der Waals surface area contributed by atoms with E-state index in [1.54, 1.807) is 21.3 Å². The smallest absolute Gasteiger partial charge is 0.125 e. The number of benzene rings is 1. The van der Waals surface area contributed by atoms with Gasteiger partial charge in [-0.2, -0.15) is 0 Å². The Hall–Kier alpha value is -1.55. The highest BCUT2D eigenvalue weighted by molar-refractivity contribution is 5.55. The molecule has 1 atom stereocenters. The summed E-state index contributed by atoms with van der Waals surface area (Å²) in [7, 11) is 4.86. The summed E-state index contributed by atoms with van der Waals surface area (Å²) in [6.45, 7) is 0.585. The minimum absolute atomic E-state index is 0.0488. The second-order valence-electron chi connectivity index (χ2n) is 4.06. The van der Waals surface area contributed by atoms with Crippen molar-refractivity contribution in [2.75, 3.05) is 27.9 Å². The Morgan fingerprint density at radius 3 is 2.56 bits per heavy atom. The van der Waals surface area contributed by atoms with Crippen LogP contribution < -0.4 is 9.47 Å². The molecule has 1 rings (SSSR count). The molecule has 0 aromatic heterocycles. The van der Waals surface area contributed by atoms with Crippen molar-refractivity contribution in [3.63, 3.8) is 0 Å². The van der Waals surface area contributed by atoms with Gasteiger partial charge < -0.3 is 19.0 Å². The first-order valence-corrected chi connectivity index (χ1v) is 5.90. The van der Waals surface area contributed by atoms with E-state index in [1.807, 2.05) is 18.2 Å². The van der Waals surface area contributed by atoms with Crippen molar-refractivity contribution in [3.05, 3.63) is 23.8 Å². The Morgan fingerprint density at radius 2 is 2.00 bits per heavy atom. The van der Waals surface area contributed by atoms with Gasteiger partial charge in [-0.3, -0.25) is 0 Å². The second kappa shape index (κ2) is 7.71. The van der Waals surface area contributed by atoms with Gasteiger partial charge in [0.25, 0.3) is 0 Å². The zero-order valence-corrected chi connectivity index (χ0v) is 11.1. The highest BCUT2D eigenvalue weighted by Gasteiger charge is 2.12. The molecule has 0 fully saturated rings. The first-order valence-electron chi connectivity index (χ1n) is 5.90. The molecule has 18 heavy (non-hydrogen) atoms. The van der Waals surface area contributed by atoms with Gasteiger partial charge in [-0.25, -0.2) is 0 Å². The van der Waals surface area contributed by atoms with Crippen LogP contribution >= 0.6 is 0 Å². The van der Waals surface area contributed by atoms with Gasteiger partial charge in [0, 0.05) is 25.7 Å². The van der Waals surface area contributed by atoms with E-state index in [1.165, 1.54) is 0 Å². The van der Waals surface area contributed by atoms with Crippen LogP contribution in [0.5, 0.6) is 11.5 Å². The zero-order chi connectivity index (χ0) is 13.4. The highest BCUT2D eigenvalue weighted by atomic mass is 16.5. The molecule has 1 aromatic carbocycles. The van der Waals surface area contributed by atoms with E-state index >= 15 is 0 Å². The lowest BCUT2D eigenvalue weighted by Gasteiger charge is -2.14. The van der Waals surface area contributed by atoms with Crippen LogP contribution in [0.4, 0.5) is 0 Å². The SMILES string of the molecule is COCCC(C=O)Cc1ccc(OC)cc1OC. The molecule has 0 radical (unpaired) electrons. The third-order valence-electron chi connectivity index (χ3n) is 2.86. The predicted molar refractivity (Wildman–Crippen MR) is 69.3 cm³/mol.